The topological polar surface area (TPSA) is 25.3 Å². The summed E-state index contributed by atoms with van der Waals surface area (Å²) in [5, 5.41) is 2.87. The molecule has 0 saturated carbocycles. The van der Waals surface area contributed by atoms with E-state index in [1.165, 1.54) is 494 Å². The van der Waals surface area contributed by atoms with Gasteiger partial charge in [0.05, 0.1) is 0 Å². The molecule has 1 aliphatic heterocycles. The summed E-state index contributed by atoms with van der Waals surface area (Å²) in [5.74, 6) is 0. The second-order valence-electron chi connectivity index (χ2n) is 33.5. The van der Waals surface area contributed by atoms with E-state index in [2.05, 4.69) is 116 Å². The molecule has 105 heavy (non-hydrogen) atoms. The summed E-state index contributed by atoms with van der Waals surface area (Å²) >= 11 is 2.05. The van der Waals surface area contributed by atoms with Crippen LogP contribution in [0.1, 0.15) is 538 Å². The molecule has 2 aromatic carbocycles. The van der Waals surface area contributed by atoms with E-state index in [0.717, 1.165) is 55.5 Å². The predicted octanol–water partition coefficient (Wildman–Crippen LogP) is 37.4. The Hall–Kier alpha value is -2.25. The van der Waals surface area contributed by atoms with Gasteiger partial charge in [-0.2, -0.15) is 0 Å². The number of rotatable bonds is 82. The molecule has 612 valence electrons. The first-order valence-electron chi connectivity index (χ1n) is 48.3. The Morgan fingerprint density at radius 2 is 0.571 bits per heavy atom. The molecule has 0 saturated heterocycles. The van der Waals surface area contributed by atoms with Gasteiger partial charge in [-0.25, -0.2) is 4.70 Å². The molecule has 3 heteroatoms. The van der Waals surface area contributed by atoms with Crippen molar-refractivity contribution in [3.05, 3.63) is 100 Å². The Kier molecular flexibility index (Phi) is 76.5. The molecule has 0 aromatic heterocycles. The Bertz CT molecular complexity index is 2150. The van der Waals surface area contributed by atoms with Crippen molar-refractivity contribution in [1.29, 1.82) is 0 Å². The fourth-order valence-electron chi connectivity index (χ4n) is 16.2. The summed E-state index contributed by atoms with van der Waals surface area (Å²) in [6, 6.07) is 17.6. The zero-order valence-corrected chi connectivity index (χ0v) is 72.9. The number of benzene rings is 2. The first kappa shape index (κ1) is 98.8. The van der Waals surface area contributed by atoms with Gasteiger partial charge < -0.3 is 5.53 Å². The minimum absolute atomic E-state index is 0.936. The Morgan fingerprint density at radius 1 is 0.276 bits per heavy atom. The second-order valence-corrected chi connectivity index (χ2v) is 35.0. The molecule has 2 nitrogen and oxygen atoms in total. The molecule has 0 spiro atoms. The van der Waals surface area contributed by atoms with E-state index in [1.54, 1.807) is 0 Å². The fourth-order valence-corrected chi connectivity index (χ4v) is 17.4. The van der Waals surface area contributed by atoms with E-state index >= 15 is 0 Å². The van der Waals surface area contributed by atoms with Crippen molar-refractivity contribution in [2.45, 2.75) is 540 Å². The molecule has 0 amide bonds. The van der Waals surface area contributed by atoms with Gasteiger partial charge in [0.15, 0.2) is 0 Å². The number of nitrogens with zero attached hydrogens (tertiary/aromatic N) is 2. The number of hydrogen-bond acceptors (Lipinski definition) is 0. The number of allylic oxidation sites excluding steroid dienone is 4. The van der Waals surface area contributed by atoms with Gasteiger partial charge in [-0.1, -0.05) is 372 Å². The number of hydrogen-bond donors (Lipinski definition) is 0. The van der Waals surface area contributed by atoms with Crippen LogP contribution in [0, 0.1) is 0 Å². The molecule has 2 aromatic rings. The third-order valence-corrected chi connectivity index (χ3v) is 24.7. The minimum Gasteiger partial charge on any atom is -0.0654 e. The van der Waals surface area contributed by atoms with Gasteiger partial charge in [0.25, 0.3) is 0 Å². The number of unbranched alkanes of at least 4 members (excludes halogenated alkanes) is 68. The van der Waals surface area contributed by atoms with Gasteiger partial charge in [0.1, 0.15) is 0 Å². The summed E-state index contributed by atoms with van der Waals surface area (Å²) in [6.07, 6.45) is 116. The van der Waals surface area contributed by atoms with E-state index < -0.39 is 0 Å². The molecular formula is C102H184N2Ni. The smallest absolute Gasteiger partial charge is 0.0654 e. The van der Waals surface area contributed by atoms with Crippen molar-refractivity contribution in [2.24, 2.45) is 0 Å². The van der Waals surface area contributed by atoms with E-state index in [1.807, 2.05) is 0 Å². The second kappa shape index (κ2) is 81.2. The Labute approximate surface area is 666 Å². The molecular weight excluding hydrogens is 1310 g/mol. The first-order valence-corrected chi connectivity index (χ1v) is 49.7. The average molecular weight is 1500 g/mol. The molecule has 1 heterocycles. The van der Waals surface area contributed by atoms with Gasteiger partial charge in [0.2, 0.25) is 11.4 Å². The van der Waals surface area contributed by atoms with Gasteiger partial charge >= 0.3 is 166 Å². The van der Waals surface area contributed by atoms with Gasteiger partial charge in [-0.15, -0.1) is 0 Å². The molecule has 0 radical (unpaired) electrons. The van der Waals surface area contributed by atoms with Crippen LogP contribution in [-0.4, -0.2) is 4.70 Å². The Balaban J connectivity index is 0.000000731. The Morgan fingerprint density at radius 3 is 0.914 bits per heavy atom. The van der Waals surface area contributed by atoms with Crippen molar-refractivity contribution < 1.29 is 19.1 Å². The zero-order valence-electron chi connectivity index (χ0n) is 71.9. The van der Waals surface area contributed by atoms with Crippen LogP contribution in [0.25, 0.3) is 16.9 Å². The third kappa shape index (κ3) is 63.0. The van der Waals surface area contributed by atoms with Crippen molar-refractivity contribution in [3.63, 3.8) is 0 Å². The normalized spacial score (nSPS) is 12.5. The van der Waals surface area contributed by atoms with Crippen molar-refractivity contribution >= 4 is 11.4 Å². The molecule has 0 aliphatic carbocycles. The van der Waals surface area contributed by atoms with Crippen molar-refractivity contribution in [3.8, 4) is 0 Å². The molecule has 0 atom stereocenters. The van der Waals surface area contributed by atoms with Gasteiger partial charge in [0, 0.05) is 22.8 Å². The third-order valence-electron chi connectivity index (χ3n) is 23.3. The fraction of sp³-hybridized carbons (Fsp3) is 0.824. The van der Waals surface area contributed by atoms with E-state index in [0.29, 0.717) is 0 Å². The maximum atomic E-state index is 11.8. The summed E-state index contributed by atoms with van der Waals surface area (Å²) in [7, 11) is 0. The van der Waals surface area contributed by atoms with Crippen LogP contribution in [0.3, 0.4) is 0 Å². The van der Waals surface area contributed by atoms with Crippen LogP contribution < -0.4 is 0 Å². The van der Waals surface area contributed by atoms with Crippen molar-refractivity contribution in [2.75, 3.05) is 0 Å². The van der Waals surface area contributed by atoms with Crippen LogP contribution in [-0.2, 0) is 27.3 Å². The van der Waals surface area contributed by atoms with Crippen LogP contribution in [0.5, 0.6) is 0 Å². The zero-order chi connectivity index (χ0) is 75.0. The molecule has 0 N–H and O–H groups in total. The van der Waals surface area contributed by atoms with Crippen molar-refractivity contribution in [1.82, 2.24) is 0 Å². The molecule has 3 rings (SSSR count). The maximum absolute atomic E-state index is 11.8. The molecule has 0 fully saturated rings. The monoisotopic (exact) mass is 1500 g/mol. The van der Waals surface area contributed by atoms with Crippen LogP contribution in [0.15, 0.2) is 72.3 Å². The van der Waals surface area contributed by atoms with Gasteiger partial charge in [-0.3, -0.25) is 0 Å². The van der Waals surface area contributed by atoms with Crippen LogP contribution in [0.2, 0.25) is 10.8 Å². The van der Waals surface area contributed by atoms with E-state index in [9.17, 15) is 5.53 Å². The van der Waals surface area contributed by atoms with E-state index in [-0.39, 0.29) is 0 Å². The summed E-state index contributed by atoms with van der Waals surface area (Å²) in [6.45, 7) is 11.5. The summed E-state index contributed by atoms with van der Waals surface area (Å²) in [5.41, 5.74) is 20.0. The standard InChI is InChI=1S/C56H90N2.2C23H47.Ni/c1-4-7-10-12-13-14-15-16-17-18-19-20-21-22-23-24-25-26-27-28-29-30-31-32-33-34-35-37-43-51-44-38-39-47-54(51)55-49-53(45-36-11-8-5-2)56(58(55)57)52-46-40-42-50(48-52)41-9-6-3;2*1-3-5-7-9-11-13-15-17-19-21-23-22-20-18-16-14-12-10-8-6-4-2;/h33-34,38-40,42,44,46-49H,4-32,35-37,41,43,45H2,1-3H3;2*1,3-23H2,2H3;. The van der Waals surface area contributed by atoms with Gasteiger partial charge in [-0.05, 0) is 87.1 Å². The number of aryl methyl sites for hydroxylation is 2. The molecule has 0 bridgehead atoms. The SMILES string of the molecule is CCCCCCCCCCCCCCCCCCCCCCCCCC=CCCCc1ccccc1C1=CC(CCCCCC)=C(c2cccc(CCCC)c2)[N+]1=[N-].CCCCCCCCCCCCCCCCCCCCCC[CH2][Ni][CH2]CCCCCCCCCCCCCCCCCCCCCC. The summed E-state index contributed by atoms with van der Waals surface area (Å²) in [4.78, 5) is 0. The van der Waals surface area contributed by atoms with Crippen LogP contribution in [0.4, 0.5) is 0 Å². The average Bonchev–Trinajstić information content (AvgIpc) is 1.64. The van der Waals surface area contributed by atoms with Crippen LogP contribution >= 0.6 is 0 Å². The van der Waals surface area contributed by atoms with E-state index in [4.69, 9.17) is 0 Å². The quantitative estimate of drug-likeness (QED) is 0.0273. The minimum atomic E-state index is 0.936. The first-order chi connectivity index (χ1) is 52.1. The predicted molar refractivity (Wildman–Crippen MR) is 472 cm³/mol. The summed E-state index contributed by atoms with van der Waals surface area (Å²) < 4.78 is 1.51. The molecule has 0 unspecified atom stereocenters. The molecule has 1 aliphatic rings.